The van der Waals surface area contributed by atoms with E-state index in [-0.39, 0.29) is 34.7 Å². The van der Waals surface area contributed by atoms with E-state index in [2.05, 4.69) is 79.5 Å². The van der Waals surface area contributed by atoms with Crippen LogP contribution < -0.4 is 0 Å². The SMILES string of the molecule is CC1(C)COC(C[C@@H]2C(C)(C)CC=C(CO[Si](C)(C)C(C)(C)C)[C@@]2(O)C#CCO)OC1. The number of rotatable bonds is 5. The van der Waals surface area contributed by atoms with Gasteiger partial charge in [0.05, 0.1) is 19.8 Å². The molecule has 1 aliphatic carbocycles. The van der Waals surface area contributed by atoms with Crippen molar-refractivity contribution in [3.8, 4) is 11.8 Å². The Morgan fingerprint density at radius 3 is 2.26 bits per heavy atom. The van der Waals surface area contributed by atoms with Crippen LogP contribution in [0.4, 0.5) is 0 Å². The van der Waals surface area contributed by atoms with E-state index in [4.69, 9.17) is 13.9 Å². The van der Waals surface area contributed by atoms with Crippen molar-refractivity contribution >= 4 is 8.32 Å². The van der Waals surface area contributed by atoms with Crippen LogP contribution in [0.3, 0.4) is 0 Å². The highest BCUT2D eigenvalue weighted by Gasteiger charge is 2.51. The smallest absolute Gasteiger partial charge is 0.192 e. The van der Waals surface area contributed by atoms with Gasteiger partial charge in [-0.25, -0.2) is 0 Å². The summed E-state index contributed by atoms with van der Waals surface area (Å²) in [5.41, 5.74) is -0.821. The van der Waals surface area contributed by atoms with Gasteiger partial charge in [-0.3, -0.25) is 0 Å². The molecular formula is C25H44O5Si. The summed E-state index contributed by atoms with van der Waals surface area (Å²) in [5, 5.41) is 21.4. The molecule has 1 aliphatic heterocycles. The summed E-state index contributed by atoms with van der Waals surface area (Å²) in [5.74, 6) is 5.50. The van der Waals surface area contributed by atoms with Gasteiger partial charge in [0.1, 0.15) is 6.61 Å². The van der Waals surface area contributed by atoms with Gasteiger partial charge in [0.25, 0.3) is 0 Å². The predicted molar refractivity (Wildman–Crippen MR) is 127 cm³/mol. The molecular weight excluding hydrogens is 408 g/mol. The van der Waals surface area contributed by atoms with E-state index in [1.165, 1.54) is 0 Å². The fourth-order valence-corrected chi connectivity index (χ4v) is 4.95. The molecule has 1 saturated heterocycles. The van der Waals surface area contributed by atoms with Gasteiger partial charge in [-0.05, 0) is 35.5 Å². The molecule has 6 heteroatoms. The third kappa shape index (κ3) is 6.22. The summed E-state index contributed by atoms with van der Waals surface area (Å²) in [7, 11) is -2.00. The second-order valence-corrected chi connectivity index (χ2v) is 17.0. The molecule has 0 aromatic carbocycles. The van der Waals surface area contributed by atoms with Crippen molar-refractivity contribution < 1.29 is 24.1 Å². The predicted octanol–water partition coefficient (Wildman–Crippen LogP) is 4.50. The van der Waals surface area contributed by atoms with Gasteiger partial charge in [-0.1, -0.05) is 66.4 Å². The minimum atomic E-state index is -2.00. The molecule has 5 nitrogen and oxygen atoms in total. The first-order valence-corrected chi connectivity index (χ1v) is 14.3. The van der Waals surface area contributed by atoms with Crippen molar-refractivity contribution in [2.24, 2.45) is 16.7 Å². The van der Waals surface area contributed by atoms with Gasteiger partial charge >= 0.3 is 0 Å². The standard InChI is InChI=1S/C25H44O5Si/c1-22(2,3)31(8,9)30-16-19-11-13-24(6,7)20(25(19,27)12-10-14-26)15-21-28-17-23(4,5)18-29-21/h11,20-21,26-27H,13-18H2,1-9H3/t20-,25+/m1/s1. The summed E-state index contributed by atoms with van der Waals surface area (Å²) < 4.78 is 18.5. The highest BCUT2D eigenvalue weighted by Crippen LogP contribution is 2.49. The summed E-state index contributed by atoms with van der Waals surface area (Å²) >= 11 is 0. The van der Waals surface area contributed by atoms with Gasteiger partial charge in [-0.2, -0.15) is 0 Å². The van der Waals surface area contributed by atoms with Crippen molar-refractivity contribution in [3.05, 3.63) is 11.6 Å². The van der Waals surface area contributed by atoms with Crippen molar-refractivity contribution in [3.63, 3.8) is 0 Å². The van der Waals surface area contributed by atoms with Gasteiger partial charge in [0, 0.05) is 17.8 Å². The molecule has 0 saturated carbocycles. The number of aliphatic hydroxyl groups is 2. The van der Waals surface area contributed by atoms with E-state index in [0.29, 0.717) is 26.2 Å². The maximum absolute atomic E-state index is 12.0. The number of hydrogen-bond acceptors (Lipinski definition) is 5. The molecule has 0 radical (unpaired) electrons. The Bertz CT molecular complexity index is 712. The molecule has 178 valence electrons. The molecule has 31 heavy (non-hydrogen) atoms. The minimum Gasteiger partial charge on any atom is -0.413 e. The number of aliphatic hydroxyl groups excluding tert-OH is 1. The monoisotopic (exact) mass is 452 g/mol. The van der Waals surface area contributed by atoms with Gasteiger partial charge in [0.15, 0.2) is 20.2 Å². The average Bonchev–Trinajstić information content (AvgIpc) is 2.63. The minimum absolute atomic E-state index is 0.00630. The zero-order valence-corrected chi connectivity index (χ0v) is 22.1. The van der Waals surface area contributed by atoms with Crippen LogP contribution in [0.1, 0.15) is 61.3 Å². The van der Waals surface area contributed by atoms with E-state index in [9.17, 15) is 10.2 Å². The molecule has 0 bridgehead atoms. The summed E-state index contributed by atoms with van der Waals surface area (Å²) in [6.07, 6.45) is 3.06. The Kier molecular flexibility index (Phi) is 7.96. The third-order valence-corrected chi connectivity index (χ3v) is 11.8. The maximum atomic E-state index is 12.0. The lowest BCUT2D eigenvalue weighted by Crippen LogP contribution is -2.53. The van der Waals surface area contributed by atoms with E-state index < -0.39 is 13.9 Å². The zero-order valence-electron chi connectivity index (χ0n) is 21.1. The molecule has 0 aromatic heterocycles. The first-order chi connectivity index (χ1) is 14.0. The van der Waals surface area contributed by atoms with Crippen molar-refractivity contribution in [2.75, 3.05) is 26.4 Å². The van der Waals surface area contributed by atoms with Crippen LogP contribution in [0.25, 0.3) is 0 Å². The molecule has 2 N–H and O–H groups in total. The topological polar surface area (TPSA) is 68.2 Å². The van der Waals surface area contributed by atoms with Gasteiger partial charge in [-0.15, -0.1) is 0 Å². The molecule has 2 aliphatic rings. The second-order valence-electron chi connectivity index (χ2n) is 12.2. The molecule has 0 amide bonds. The number of allylic oxidation sites excluding steroid dienone is 1. The van der Waals surface area contributed by atoms with E-state index >= 15 is 0 Å². The van der Waals surface area contributed by atoms with Crippen LogP contribution in [0.2, 0.25) is 18.1 Å². The fourth-order valence-electron chi connectivity index (χ4n) is 4.00. The Labute approximate surface area is 190 Å². The molecule has 2 atom stereocenters. The quantitative estimate of drug-likeness (QED) is 0.365. The number of hydrogen-bond donors (Lipinski definition) is 2. The molecule has 0 unspecified atom stereocenters. The Morgan fingerprint density at radius 2 is 1.74 bits per heavy atom. The first-order valence-electron chi connectivity index (χ1n) is 11.4. The lowest BCUT2D eigenvalue weighted by atomic mass is 9.60. The van der Waals surface area contributed by atoms with Gasteiger partial charge in [0.2, 0.25) is 0 Å². The lowest BCUT2D eigenvalue weighted by Gasteiger charge is -2.49. The summed E-state index contributed by atoms with van der Waals surface area (Å²) in [6.45, 7) is 20.9. The lowest BCUT2D eigenvalue weighted by molar-refractivity contribution is -0.236. The molecule has 0 aromatic rings. The highest BCUT2D eigenvalue weighted by atomic mass is 28.4. The van der Waals surface area contributed by atoms with E-state index in [1.807, 2.05) is 0 Å². The van der Waals surface area contributed by atoms with Crippen LogP contribution in [0, 0.1) is 28.6 Å². The first kappa shape index (κ1) is 26.6. The van der Waals surface area contributed by atoms with E-state index in [1.54, 1.807) is 0 Å². The Balaban J connectivity index is 2.31. The number of ether oxygens (including phenoxy) is 2. The molecule has 1 heterocycles. The Morgan fingerprint density at radius 1 is 1.16 bits per heavy atom. The van der Waals surface area contributed by atoms with Crippen LogP contribution >= 0.6 is 0 Å². The maximum Gasteiger partial charge on any atom is 0.192 e. The normalized spacial score (nSPS) is 29.1. The van der Waals surface area contributed by atoms with Crippen molar-refractivity contribution in [1.29, 1.82) is 0 Å². The largest absolute Gasteiger partial charge is 0.413 e. The third-order valence-electron chi connectivity index (χ3n) is 7.31. The van der Waals surface area contributed by atoms with Crippen molar-refractivity contribution in [1.82, 2.24) is 0 Å². The van der Waals surface area contributed by atoms with Crippen LogP contribution in [0.15, 0.2) is 11.6 Å². The van der Waals surface area contributed by atoms with Crippen LogP contribution in [-0.2, 0) is 13.9 Å². The molecule has 0 spiro atoms. The van der Waals surface area contributed by atoms with Crippen LogP contribution in [-0.4, -0.2) is 56.8 Å². The molecule has 2 rings (SSSR count). The van der Waals surface area contributed by atoms with E-state index in [0.717, 1.165) is 12.0 Å². The van der Waals surface area contributed by atoms with Crippen molar-refractivity contribution in [2.45, 2.75) is 91.3 Å². The summed E-state index contributed by atoms with van der Waals surface area (Å²) in [6, 6.07) is 0. The molecule has 1 fully saturated rings. The zero-order chi connectivity index (χ0) is 23.7. The second kappa shape index (κ2) is 9.28. The Hall–Kier alpha value is -0.683. The van der Waals surface area contributed by atoms with Gasteiger partial charge < -0.3 is 24.1 Å². The van der Waals surface area contributed by atoms with Crippen LogP contribution in [0.5, 0.6) is 0 Å². The summed E-state index contributed by atoms with van der Waals surface area (Å²) in [4.78, 5) is 0. The fraction of sp³-hybridized carbons (Fsp3) is 0.840. The average molecular weight is 453 g/mol. The highest BCUT2D eigenvalue weighted by molar-refractivity contribution is 6.74.